The van der Waals surface area contributed by atoms with Crippen LogP contribution in [0.4, 0.5) is 5.82 Å². The largest absolute Gasteiger partial charge is 0.338 e. The fourth-order valence-corrected chi connectivity index (χ4v) is 4.82. The van der Waals surface area contributed by atoms with E-state index in [4.69, 9.17) is 0 Å². The number of aryl methyl sites for hydroxylation is 1. The molecule has 1 saturated heterocycles. The van der Waals surface area contributed by atoms with Crippen LogP contribution in [-0.4, -0.2) is 34.8 Å². The van der Waals surface area contributed by atoms with Gasteiger partial charge >= 0.3 is 0 Å². The molecule has 2 unspecified atom stereocenters. The average molecular weight is 416 g/mol. The summed E-state index contributed by atoms with van der Waals surface area (Å²) in [5.41, 5.74) is 4.78. The Balaban J connectivity index is 0.00000231. The Morgan fingerprint density at radius 2 is 2.03 bits per heavy atom. The van der Waals surface area contributed by atoms with Crippen molar-refractivity contribution in [3.8, 4) is 0 Å². The third kappa shape index (κ3) is 4.61. The molecule has 5 heteroatoms. The van der Waals surface area contributed by atoms with Crippen LogP contribution in [0.1, 0.15) is 37.0 Å². The molecule has 1 fully saturated rings. The van der Waals surface area contributed by atoms with Crippen LogP contribution in [0.2, 0.25) is 0 Å². The Labute approximate surface area is 183 Å². The van der Waals surface area contributed by atoms with Gasteiger partial charge in [0.2, 0.25) is 11.8 Å². The number of allylic oxidation sites excluding steroid dienone is 1. The molecule has 2 atom stereocenters. The second-order valence-corrected chi connectivity index (χ2v) is 8.52. The first kappa shape index (κ1) is 21.0. The van der Waals surface area contributed by atoms with Crippen LogP contribution in [0.5, 0.6) is 0 Å². The molecule has 31 heavy (non-hydrogen) atoms. The Kier molecular flexibility index (Phi) is 6.03. The van der Waals surface area contributed by atoms with Gasteiger partial charge in [-0.05, 0) is 59.9 Å². The van der Waals surface area contributed by atoms with E-state index in [0.29, 0.717) is 30.5 Å². The number of fused-ring (bicyclic) bond motifs is 2. The van der Waals surface area contributed by atoms with Crippen LogP contribution in [0.3, 0.4) is 0 Å². The van der Waals surface area contributed by atoms with Gasteiger partial charge in [0, 0.05) is 31.8 Å². The lowest BCUT2D eigenvalue weighted by Gasteiger charge is -2.16. The number of rotatable bonds is 4. The van der Waals surface area contributed by atoms with Crippen LogP contribution in [0.15, 0.2) is 60.3 Å². The number of carbonyl (C=O) groups is 2. The Morgan fingerprint density at radius 1 is 1.19 bits per heavy atom. The molecule has 0 radical (unpaired) electrons. The second-order valence-electron chi connectivity index (χ2n) is 8.52. The summed E-state index contributed by atoms with van der Waals surface area (Å²) in [5, 5.41) is 2.78. The molecule has 1 aliphatic carbocycles. The van der Waals surface area contributed by atoms with E-state index in [-0.39, 0.29) is 19.2 Å². The lowest BCUT2D eigenvalue weighted by Crippen LogP contribution is -2.27. The average Bonchev–Trinajstić information content (AvgIpc) is 3.31. The van der Waals surface area contributed by atoms with Gasteiger partial charge in [-0.15, -0.1) is 0 Å². The quantitative estimate of drug-likeness (QED) is 0.599. The maximum absolute atomic E-state index is 12.7. The third-order valence-corrected chi connectivity index (χ3v) is 6.34. The molecular weight excluding hydrogens is 386 g/mol. The van der Waals surface area contributed by atoms with E-state index < -0.39 is 0 Å². The van der Waals surface area contributed by atoms with Crippen molar-refractivity contribution < 1.29 is 9.59 Å². The number of aromatic nitrogens is 1. The molecule has 1 aromatic heterocycles. The first-order valence-electron chi connectivity index (χ1n) is 10.6. The lowest BCUT2D eigenvalue weighted by molar-refractivity contribution is -0.125. The predicted octanol–water partition coefficient (Wildman–Crippen LogP) is 4.26. The van der Waals surface area contributed by atoms with E-state index >= 15 is 0 Å². The molecule has 1 N–H and O–H groups in total. The first-order chi connectivity index (χ1) is 14.6. The van der Waals surface area contributed by atoms with E-state index in [1.54, 1.807) is 12.3 Å². The first-order valence-corrected chi connectivity index (χ1v) is 10.6. The number of hydrogen-bond acceptors (Lipinski definition) is 3. The number of likely N-dealkylation sites (tertiary alicyclic amines) is 1. The van der Waals surface area contributed by atoms with E-state index in [1.165, 1.54) is 11.1 Å². The molecule has 2 aromatic rings. The van der Waals surface area contributed by atoms with Gasteiger partial charge in [-0.3, -0.25) is 9.59 Å². The van der Waals surface area contributed by atoms with Crippen molar-refractivity contribution in [2.75, 3.05) is 18.4 Å². The summed E-state index contributed by atoms with van der Waals surface area (Å²) in [6.07, 6.45) is 10.9. The van der Waals surface area contributed by atoms with Crippen molar-refractivity contribution in [3.05, 3.63) is 77.0 Å². The fourth-order valence-electron chi connectivity index (χ4n) is 4.82. The molecule has 160 valence electrons. The SMILES string of the molecule is C.O=C1CCc2cc(/C=C/C(=O)N3CC4C=C(Cc5ccccc5)CC4C3)cnc2N1. The van der Waals surface area contributed by atoms with Gasteiger partial charge < -0.3 is 10.2 Å². The number of nitrogens with one attached hydrogen (secondary N) is 1. The summed E-state index contributed by atoms with van der Waals surface area (Å²) in [7, 11) is 0. The zero-order chi connectivity index (χ0) is 20.5. The Hall–Kier alpha value is -3.21. The van der Waals surface area contributed by atoms with Crippen LogP contribution in [-0.2, 0) is 22.4 Å². The van der Waals surface area contributed by atoms with Gasteiger partial charge in [0.25, 0.3) is 0 Å². The molecule has 2 aliphatic heterocycles. The highest BCUT2D eigenvalue weighted by atomic mass is 16.2. The minimum absolute atomic E-state index is 0. The molecule has 2 amide bonds. The van der Waals surface area contributed by atoms with Gasteiger partial charge in [0.1, 0.15) is 5.82 Å². The van der Waals surface area contributed by atoms with Gasteiger partial charge in [0.15, 0.2) is 0 Å². The molecule has 5 rings (SSSR count). The van der Waals surface area contributed by atoms with Crippen LogP contribution in [0.25, 0.3) is 6.08 Å². The number of carbonyl (C=O) groups excluding carboxylic acids is 2. The van der Waals surface area contributed by atoms with Crippen molar-refractivity contribution >= 4 is 23.7 Å². The number of anilines is 1. The number of amides is 2. The molecule has 0 spiro atoms. The second kappa shape index (κ2) is 8.88. The summed E-state index contributed by atoms with van der Waals surface area (Å²) < 4.78 is 0. The lowest BCUT2D eigenvalue weighted by atomic mass is 9.98. The van der Waals surface area contributed by atoms with E-state index in [9.17, 15) is 9.59 Å². The molecule has 0 bridgehead atoms. The van der Waals surface area contributed by atoms with Crippen molar-refractivity contribution in [2.45, 2.75) is 33.1 Å². The highest BCUT2D eigenvalue weighted by Gasteiger charge is 2.37. The zero-order valence-electron chi connectivity index (χ0n) is 16.9. The third-order valence-electron chi connectivity index (χ3n) is 6.34. The van der Waals surface area contributed by atoms with Crippen molar-refractivity contribution in [3.63, 3.8) is 0 Å². The van der Waals surface area contributed by atoms with E-state index in [2.05, 4.69) is 46.7 Å². The highest BCUT2D eigenvalue weighted by molar-refractivity contribution is 5.94. The van der Waals surface area contributed by atoms with Crippen LogP contribution >= 0.6 is 0 Å². The van der Waals surface area contributed by atoms with Crippen LogP contribution in [0, 0.1) is 11.8 Å². The highest BCUT2D eigenvalue weighted by Crippen LogP contribution is 2.38. The summed E-state index contributed by atoms with van der Waals surface area (Å²) >= 11 is 0. The monoisotopic (exact) mass is 415 g/mol. The molecule has 0 saturated carbocycles. The van der Waals surface area contributed by atoms with Gasteiger partial charge in [-0.2, -0.15) is 0 Å². The minimum atomic E-state index is 0. The Morgan fingerprint density at radius 3 is 2.84 bits per heavy atom. The number of nitrogens with zero attached hydrogens (tertiary/aromatic N) is 2. The summed E-state index contributed by atoms with van der Waals surface area (Å²) in [4.78, 5) is 30.4. The molecule has 3 aliphatic rings. The topological polar surface area (TPSA) is 62.3 Å². The summed E-state index contributed by atoms with van der Waals surface area (Å²) in [6.45, 7) is 1.64. The normalized spacial score (nSPS) is 21.9. The van der Waals surface area contributed by atoms with Gasteiger partial charge in [-0.1, -0.05) is 49.4 Å². The predicted molar refractivity (Wildman–Crippen MR) is 123 cm³/mol. The van der Waals surface area contributed by atoms with Crippen molar-refractivity contribution in [1.82, 2.24) is 9.88 Å². The Bertz CT molecular complexity index is 1040. The maximum atomic E-state index is 12.7. The van der Waals surface area contributed by atoms with E-state index in [1.807, 2.05) is 17.0 Å². The standard InChI is InChI=1S/C25H25N3O2.CH4/c29-23-8-7-20-11-18(14-26-25(20)27-23)6-9-24(30)28-15-21-12-19(13-22(21)16-28)10-17-4-2-1-3-5-17;/h1-6,9,11-12,14,21-22H,7-8,10,13,15-16H2,(H,26,27,29);1H4/b9-6+;. The number of pyridine rings is 1. The van der Waals surface area contributed by atoms with Gasteiger partial charge in [-0.25, -0.2) is 4.98 Å². The molecular formula is C26H29N3O2. The molecule has 1 aromatic carbocycles. The zero-order valence-corrected chi connectivity index (χ0v) is 16.9. The van der Waals surface area contributed by atoms with E-state index in [0.717, 1.165) is 37.1 Å². The van der Waals surface area contributed by atoms with Crippen molar-refractivity contribution in [1.29, 1.82) is 0 Å². The molecule has 5 nitrogen and oxygen atoms in total. The van der Waals surface area contributed by atoms with Gasteiger partial charge in [0.05, 0.1) is 0 Å². The smallest absolute Gasteiger partial charge is 0.246 e. The molecule has 3 heterocycles. The maximum Gasteiger partial charge on any atom is 0.246 e. The number of benzene rings is 1. The minimum Gasteiger partial charge on any atom is -0.338 e. The number of hydrogen-bond donors (Lipinski definition) is 1. The fraction of sp³-hybridized carbons (Fsp3) is 0.346. The van der Waals surface area contributed by atoms with Crippen LogP contribution < -0.4 is 5.32 Å². The summed E-state index contributed by atoms with van der Waals surface area (Å²) in [5.74, 6) is 1.74. The summed E-state index contributed by atoms with van der Waals surface area (Å²) in [6, 6.07) is 12.6. The van der Waals surface area contributed by atoms with Crippen molar-refractivity contribution in [2.24, 2.45) is 11.8 Å².